The highest BCUT2D eigenvalue weighted by Crippen LogP contribution is 2.19. The third kappa shape index (κ3) is 2.99. The Hall–Kier alpha value is -1.51. The van der Waals surface area contributed by atoms with Gasteiger partial charge < -0.3 is 11.1 Å². The Bertz CT molecular complexity index is 397. The van der Waals surface area contributed by atoms with E-state index in [1.807, 2.05) is 25.1 Å². The van der Waals surface area contributed by atoms with Crippen molar-refractivity contribution in [1.29, 1.82) is 0 Å². The molecule has 0 bridgehead atoms. The van der Waals surface area contributed by atoms with Crippen LogP contribution in [0.15, 0.2) is 18.2 Å². The van der Waals surface area contributed by atoms with Crippen molar-refractivity contribution in [2.45, 2.75) is 38.6 Å². The minimum absolute atomic E-state index is 0.154. The van der Waals surface area contributed by atoms with Gasteiger partial charge in [0.05, 0.1) is 0 Å². The highest BCUT2D eigenvalue weighted by Gasteiger charge is 2.22. The number of carbonyl (C=O) groups excluding carboxylic acids is 1. The zero-order valence-electron chi connectivity index (χ0n) is 9.62. The Kier molecular flexibility index (Phi) is 3.13. The molecule has 1 aromatic rings. The SMILES string of the molecule is Cc1ccc(CCC(=O)NC2CC2)cc1N. The van der Waals surface area contributed by atoms with Gasteiger partial charge in [0.15, 0.2) is 0 Å². The monoisotopic (exact) mass is 218 g/mol. The Balaban J connectivity index is 1.83. The van der Waals surface area contributed by atoms with Crippen LogP contribution in [0.4, 0.5) is 5.69 Å². The molecule has 1 amide bonds. The van der Waals surface area contributed by atoms with Crippen molar-refractivity contribution in [2.75, 3.05) is 5.73 Å². The van der Waals surface area contributed by atoms with E-state index in [1.165, 1.54) is 0 Å². The minimum Gasteiger partial charge on any atom is -0.399 e. The van der Waals surface area contributed by atoms with Crippen molar-refractivity contribution in [1.82, 2.24) is 5.32 Å². The van der Waals surface area contributed by atoms with E-state index in [9.17, 15) is 4.79 Å². The lowest BCUT2D eigenvalue weighted by Gasteiger charge is -2.05. The summed E-state index contributed by atoms with van der Waals surface area (Å²) in [6, 6.07) is 6.45. The molecule has 16 heavy (non-hydrogen) atoms. The van der Waals surface area contributed by atoms with Gasteiger partial charge in [-0.1, -0.05) is 12.1 Å². The van der Waals surface area contributed by atoms with Crippen molar-refractivity contribution in [2.24, 2.45) is 0 Å². The molecule has 0 atom stereocenters. The third-order valence-electron chi connectivity index (χ3n) is 2.93. The summed E-state index contributed by atoms with van der Waals surface area (Å²) in [5.74, 6) is 0.154. The molecule has 3 heteroatoms. The van der Waals surface area contributed by atoms with Gasteiger partial charge in [-0.25, -0.2) is 0 Å². The second kappa shape index (κ2) is 4.56. The molecule has 0 unspecified atom stereocenters. The van der Waals surface area contributed by atoms with E-state index in [-0.39, 0.29) is 5.91 Å². The van der Waals surface area contributed by atoms with Crippen LogP contribution in [0.2, 0.25) is 0 Å². The van der Waals surface area contributed by atoms with Crippen molar-refractivity contribution in [3.05, 3.63) is 29.3 Å². The van der Waals surface area contributed by atoms with E-state index in [0.717, 1.165) is 36.1 Å². The van der Waals surface area contributed by atoms with Crippen LogP contribution in [0.25, 0.3) is 0 Å². The van der Waals surface area contributed by atoms with Gasteiger partial charge in [0.2, 0.25) is 5.91 Å². The van der Waals surface area contributed by atoms with Gasteiger partial charge in [0.1, 0.15) is 0 Å². The van der Waals surface area contributed by atoms with E-state index in [2.05, 4.69) is 5.32 Å². The number of hydrogen-bond acceptors (Lipinski definition) is 2. The predicted molar refractivity (Wildman–Crippen MR) is 65.1 cm³/mol. The number of nitrogens with one attached hydrogen (secondary N) is 1. The molecule has 0 aromatic heterocycles. The number of amides is 1. The van der Waals surface area contributed by atoms with E-state index >= 15 is 0 Å². The quantitative estimate of drug-likeness (QED) is 0.757. The summed E-state index contributed by atoms with van der Waals surface area (Å²) in [7, 11) is 0. The predicted octanol–water partition coefficient (Wildman–Crippen LogP) is 1.79. The van der Waals surface area contributed by atoms with Gasteiger partial charge in [-0.2, -0.15) is 0 Å². The van der Waals surface area contributed by atoms with Crippen molar-refractivity contribution in [3.63, 3.8) is 0 Å². The number of nitrogens with two attached hydrogens (primary N) is 1. The Morgan fingerprint density at radius 3 is 2.88 bits per heavy atom. The van der Waals surface area contributed by atoms with Crippen molar-refractivity contribution in [3.8, 4) is 0 Å². The molecule has 0 heterocycles. The molecule has 0 spiro atoms. The number of carbonyl (C=O) groups is 1. The third-order valence-corrected chi connectivity index (χ3v) is 2.93. The molecule has 0 aliphatic heterocycles. The second-order valence-corrected chi connectivity index (χ2v) is 4.53. The number of rotatable bonds is 4. The number of benzene rings is 1. The molecule has 3 nitrogen and oxygen atoms in total. The molecule has 1 fully saturated rings. The summed E-state index contributed by atoms with van der Waals surface area (Å²) in [6.45, 7) is 1.99. The van der Waals surface area contributed by atoms with Gasteiger partial charge >= 0.3 is 0 Å². The molecule has 1 aromatic carbocycles. The Morgan fingerprint density at radius 2 is 2.25 bits per heavy atom. The van der Waals surface area contributed by atoms with Gasteiger partial charge in [0.25, 0.3) is 0 Å². The first-order chi connectivity index (χ1) is 7.65. The van der Waals surface area contributed by atoms with Crippen LogP contribution in [0, 0.1) is 6.92 Å². The summed E-state index contributed by atoms with van der Waals surface area (Å²) >= 11 is 0. The Morgan fingerprint density at radius 1 is 1.50 bits per heavy atom. The topological polar surface area (TPSA) is 55.1 Å². The number of nitrogen functional groups attached to an aromatic ring is 1. The summed E-state index contributed by atoms with van der Waals surface area (Å²) in [5.41, 5.74) is 8.85. The lowest BCUT2D eigenvalue weighted by Crippen LogP contribution is -2.25. The summed E-state index contributed by atoms with van der Waals surface area (Å²) in [4.78, 5) is 11.5. The average molecular weight is 218 g/mol. The zero-order valence-corrected chi connectivity index (χ0v) is 9.62. The molecule has 0 saturated heterocycles. The van der Waals surface area contributed by atoms with Crippen molar-refractivity contribution >= 4 is 11.6 Å². The second-order valence-electron chi connectivity index (χ2n) is 4.53. The summed E-state index contributed by atoms with van der Waals surface area (Å²) < 4.78 is 0. The minimum atomic E-state index is 0.154. The van der Waals surface area contributed by atoms with E-state index in [1.54, 1.807) is 0 Å². The molecule has 3 N–H and O–H groups in total. The van der Waals surface area contributed by atoms with Crippen LogP contribution in [0.5, 0.6) is 0 Å². The van der Waals surface area contributed by atoms with Crippen LogP contribution in [-0.4, -0.2) is 11.9 Å². The van der Waals surface area contributed by atoms with Gasteiger partial charge in [-0.05, 0) is 43.4 Å². The lowest BCUT2D eigenvalue weighted by atomic mass is 10.1. The summed E-state index contributed by atoms with van der Waals surface area (Å²) in [6.07, 6.45) is 3.61. The molecular formula is C13H18N2O. The summed E-state index contributed by atoms with van der Waals surface area (Å²) in [5, 5.41) is 2.98. The van der Waals surface area contributed by atoms with Crippen molar-refractivity contribution < 1.29 is 4.79 Å². The molecule has 1 aliphatic rings. The largest absolute Gasteiger partial charge is 0.399 e. The highest BCUT2D eigenvalue weighted by atomic mass is 16.1. The van der Waals surface area contributed by atoms with Crippen LogP contribution in [0.3, 0.4) is 0 Å². The molecule has 1 aliphatic carbocycles. The first kappa shape index (κ1) is 11.0. The fraction of sp³-hybridized carbons (Fsp3) is 0.462. The smallest absolute Gasteiger partial charge is 0.220 e. The number of anilines is 1. The molecule has 86 valence electrons. The van der Waals surface area contributed by atoms with E-state index in [4.69, 9.17) is 5.73 Å². The standard InChI is InChI=1S/C13H18N2O/c1-9-2-3-10(8-12(9)14)4-7-13(16)15-11-5-6-11/h2-3,8,11H,4-7,14H2,1H3,(H,15,16). The van der Waals surface area contributed by atoms with Crippen LogP contribution in [0.1, 0.15) is 30.4 Å². The highest BCUT2D eigenvalue weighted by molar-refractivity contribution is 5.76. The zero-order chi connectivity index (χ0) is 11.5. The van der Waals surface area contributed by atoms with Crippen LogP contribution < -0.4 is 11.1 Å². The van der Waals surface area contributed by atoms with Crippen LogP contribution >= 0.6 is 0 Å². The van der Waals surface area contributed by atoms with Gasteiger partial charge in [-0.3, -0.25) is 4.79 Å². The van der Waals surface area contributed by atoms with Gasteiger partial charge in [-0.15, -0.1) is 0 Å². The fourth-order valence-corrected chi connectivity index (χ4v) is 1.63. The van der Waals surface area contributed by atoms with Gasteiger partial charge in [0, 0.05) is 18.2 Å². The number of aryl methyl sites for hydroxylation is 2. The van der Waals surface area contributed by atoms with E-state index in [0.29, 0.717) is 12.5 Å². The Labute approximate surface area is 96.0 Å². The lowest BCUT2D eigenvalue weighted by molar-refractivity contribution is -0.121. The molecule has 0 radical (unpaired) electrons. The number of hydrogen-bond donors (Lipinski definition) is 2. The first-order valence-electron chi connectivity index (χ1n) is 5.79. The van der Waals surface area contributed by atoms with Crippen LogP contribution in [-0.2, 0) is 11.2 Å². The first-order valence-corrected chi connectivity index (χ1v) is 5.79. The molecular weight excluding hydrogens is 200 g/mol. The average Bonchev–Trinajstić information content (AvgIpc) is 3.04. The normalized spacial score (nSPS) is 14.8. The maximum atomic E-state index is 11.5. The maximum Gasteiger partial charge on any atom is 0.220 e. The molecule has 2 rings (SSSR count). The fourth-order valence-electron chi connectivity index (χ4n) is 1.63. The van der Waals surface area contributed by atoms with E-state index < -0.39 is 0 Å². The maximum absolute atomic E-state index is 11.5. The molecule has 1 saturated carbocycles.